The Morgan fingerprint density at radius 3 is 2.62 bits per heavy atom. The Kier molecular flexibility index (Phi) is 4.88. The van der Waals surface area contributed by atoms with Crippen LogP contribution >= 0.6 is 11.3 Å². The van der Waals surface area contributed by atoms with Gasteiger partial charge in [-0.1, -0.05) is 6.07 Å². The molecule has 1 saturated heterocycles. The molecule has 1 aromatic heterocycles. The number of rotatable bonds is 4. The summed E-state index contributed by atoms with van der Waals surface area (Å²) in [4.78, 5) is 6.38. The molecular weight excluding hydrogens is 283 g/mol. The Hall–Kier alpha value is -1.39. The third-order valence-electron chi connectivity index (χ3n) is 4.03. The van der Waals surface area contributed by atoms with Crippen LogP contribution in [-0.4, -0.2) is 37.6 Å². The van der Waals surface area contributed by atoms with Crippen LogP contribution in [0.25, 0.3) is 0 Å². The minimum Gasteiger partial charge on any atom is -0.370 e. The predicted octanol–water partition coefficient (Wildman–Crippen LogP) is 3.64. The number of hydrogen-bond donors (Lipinski definition) is 0. The molecule has 0 saturated carbocycles. The summed E-state index contributed by atoms with van der Waals surface area (Å²) in [5.41, 5.74) is 1.14. The highest BCUT2D eigenvalue weighted by Gasteiger charge is 2.15. The van der Waals surface area contributed by atoms with Crippen LogP contribution in [-0.2, 0) is 6.42 Å². The van der Waals surface area contributed by atoms with Crippen molar-refractivity contribution < 1.29 is 4.39 Å². The fraction of sp³-hybridized carbons (Fsp3) is 0.412. The van der Waals surface area contributed by atoms with E-state index in [1.807, 2.05) is 23.5 Å². The molecule has 2 nitrogen and oxygen atoms in total. The third-order valence-corrected chi connectivity index (χ3v) is 4.97. The molecule has 1 fully saturated rings. The van der Waals surface area contributed by atoms with E-state index in [9.17, 15) is 4.39 Å². The van der Waals surface area contributed by atoms with Gasteiger partial charge in [-0.25, -0.2) is 4.39 Å². The number of hydrogen-bond acceptors (Lipinski definition) is 3. The summed E-state index contributed by atoms with van der Waals surface area (Å²) in [5, 5.41) is 2.15. The summed E-state index contributed by atoms with van der Waals surface area (Å²) in [5.74, 6) is -0.161. The molecule has 0 radical (unpaired) electrons. The Balaban J connectivity index is 1.52. The monoisotopic (exact) mass is 304 g/mol. The van der Waals surface area contributed by atoms with E-state index in [2.05, 4.69) is 27.3 Å². The van der Waals surface area contributed by atoms with Crippen molar-refractivity contribution in [2.45, 2.75) is 12.8 Å². The van der Waals surface area contributed by atoms with Crippen molar-refractivity contribution in [1.82, 2.24) is 4.90 Å². The summed E-state index contributed by atoms with van der Waals surface area (Å²) in [6.45, 7) is 5.46. The van der Waals surface area contributed by atoms with Crippen molar-refractivity contribution in [3.8, 4) is 0 Å². The lowest BCUT2D eigenvalue weighted by Gasteiger charge is -2.23. The molecule has 4 heteroatoms. The SMILES string of the molecule is Fc1ccc(N2CCCN(CCc3cccs3)CC2)cc1. The molecule has 2 aromatic rings. The van der Waals surface area contributed by atoms with Crippen LogP contribution in [0.3, 0.4) is 0 Å². The number of benzene rings is 1. The van der Waals surface area contributed by atoms with Crippen molar-refractivity contribution in [3.63, 3.8) is 0 Å². The minimum atomic E-state index is -0.161. The van der Waals surface area contributed by atoms with Crippen LogP contribution in [0.2, 0.25) is 0 Å². The molecule has 0 N–H and O–H groups in total. The van der Waals surface area contributed by atoms with E-state index in [-0.39, 0.29) is 5.82 Å². The van der Waals surface area contributed by atoms with E-state index in [1.165, 1.54) is 11.3 Å². The highest BCUT2D eigenvalue weighted by atomic mass is 32.1. The molecule has 0 amide bonds. The Labute approximate surface area is 129 Å². The second kappa shape index (κ2) is 7.05. The molecule has 1 aliphatic rings. The standard InChI is InChI=1S/C17H21FN2S/c18-15-4-6-16(7-5-15)20-10-2-9-19(12-13-20)11-8-17-3-1-14-21-17/h1,3-7,14H,2,8-13H2. The average molecular weight is 304 g/mol. The van der Waals surface area contributed by atoms with E-state index in [4.69, 9.17) is 0 Å². The van der Waals surface area contributed by atoms with Crippen LogP contribution in [0.4, 0.5) is 10.1 Å². The van der Waals surface area contributed by atoms with E-state index in [0.29, 0.717) is 0 Å². The second-order valence-corrected chi connectivity index (χ2v) is 6.52. The van der Waals surface area contributed by atoms with Crippen molar-refractivity contribution >= 4 is 17.0 Å². The van der Waals surface area contributed by atoms with Crippen molar-refractivity contribution in [3.05, 3.63) is 52.5 Å². The largest absolute Gasteiger partial charge is 0.370 e. The lowest BCUT2D eigenvalue weighted by Crippen LogP contribution is -2.31. The van der Waals surface area contributed by atoms with Gasteiger partial charge in [0.15, 0.2) is 0 Å². The number of thiophene rings is 1. The smallest absolute Gasteiger partial charge is 0.123 e. The van der Waals surface area contributed by atoms with Gasteiger partial charge < -0.3 is 9.80 Å². The Bertz CT molecular complexity index is 538. The maximum atomic E-state index is 13.0. The first-order valence-electron chi connectivity index (χ1n) is 7.56. The van der Waals surface area contributed by atoms with Crippen LogP contribution in [0, 0.1) is 5.82 Å². The number of anilines is 1. The van der Waals surface area contributed by atoms with Crippen LogP contribution in [0.15, 0.2) is 41.8 Å². The highest BCUT2D eigenvalue weighted by molar-refractivity contribution is 7.09. The molecular formula is C17H21FN2S. The van der Waals surface area contributed by atoms with Crippen molar-refractivity contribution in [1.29, 1.82) is 0 Å². The zero-order valence-corrected chi connectivity index (χ0v) is 13.0. The van der Waals surface area contributed by atoms with E-state index < -0.39 is 0 Å². The maximum Gasteiger partial charge on any atom is 0.123 e. The number of halogens is 1. The zero-order chi connectivity index (χ0) is 14.5. The maximum absolute atomic E-state index is 13.0. The fourth-order valence-electron chi connectivity index (χ4n) is 2.83. The molecule has 1 aromatic carbocycles. The van der Waals surface area contributed by atoms with Crippen LogP contribution in [0.1, 0.15) is 11.3 Å². The van der Waals surface area contributed by atoms with Gasteiger partial charge in [0.25, 0.3) is 0 Å². The molecule has 112 valence electrons. The Morgan fingerprint density at radius 1 is 1.00 bits per heavy atom. The van der Waals surface area contributed by atoms with Gasteiger partial charge >= 0.3 is 0 Å². The van der Waals surface area contributed by atoms with Gasteiger partial charge in [-0.2, -0.15) is 0 Å². The van der Waals surface area contributed by atoms with E-state index in [1.54, 1.807) is 12.1 Å². The molecule has 21 heavy (non-hydrogen) atoms. The Morgan fingerprint density at radius 2 is 1.86 bits per heavy atom. The molecule has 1 aliphatic heterocycles. The number of nitrogens with zero attached hydrogens (tertiary/aromatic N) is 2. The summed E-state index contributed by atoms with van der Waals surface area (Å²) in [6, 6.07) is 11.2. The van der Waals surface area contributed by atoms with Crippen molar-refractivity contribution in [2.75, 3.05) is 37.6 Å². The quantitative estimate of drug-likeness (QED) is 0.851. The van der Waals surface area contributed by atoms with Gasteiger partial charge in [-0.3, -0.25) is 0 Å². The predicted molar refractivity (Wildman–Crippen MR) is 87.7 cm³/mol. The first kappa shape index (κ1) is 14.5. The highest BCUT2D eigenvalue weighted by Crippen LogP contribution is 2.17. The van der Waals surface area contributed by atoms with E-state index >= 15 is 0 Å². The van der Waals surface area contributed by atoms with Crippen LogP contribution < -0.4 is 4.90 Å². The first-order valence-corrected chi connectivity index (χ1v) is 8.44. The molecule has 0 aliphatic carbocycles. The van der Waals surface area contributed by atoms with Gasteiger partial charge in [0.2, 0.25) is 0 Å². The topological polar surface area (TPSA) is 6.48 Å². The van der Waals surface area contributed by atoms with Crippen molar-refractivity contribution in [2.24, 2.45) is 0 Å². The molecule has 3 rings (SSSR count). The van der Waals surface area contributed by atoms with E-state index in [0.717, 1.165) is 44.8 Å². The molecule has 0 bridgehead atoms. The molecule has 0 atom stereocenters. The van der Waals surface area contributed by atoms with Crippen LogP contribution in [0.5, 0.6) is 0 Å². The van der Waals surface area contributed by atoms with Gasteiger partial charge in [0.05, 0.1) is 0 Å². The molecule has 0 unspecified atom stereocenters. The normalized spacial score (nSPS) is 16.9. The first-order chi connectivity index (χ1) is 10.3. The second-order valence-electron chi connectivity index (χ2n) is 5.49. The van der Waals surface area contributed by atoms with Gasteiger partial charge in [0.1, 0.15) is 5.82 Å². The summed E-state index contributed by atoms with van der Waals surface area (Å²) < 4.78 is 13.0. The van der Waals surface area contributed by atoms with Gasteiger partial charge in [0, 0.05) is 36.7 Å². The fourth-order valence-corrected chi connectivity index (χ4v) is 3.53. The minimum absolute atomic E-state index is 0.161. The molecule has 0 spiro atoms. The zero-order valence-electron chi connectivity index (χ0n) is 12.2. The lowest BCUT2D eigenvalue weighted by molar-refractivity contribution is 0.298. The molecule has 2 heterocycles. The lowest BCUT2D eigenvalue weighted by atomic mass is 10.2. The third kappa shape index (κ3) is 4.05. The summed E-state index contributed by atoms with van der Waals surface area (Å²) >= 11 is 1.84. The average Bonchev–Trinajstić information content (AvgIpc) is 2.91. The summed E-state index contributed by atoms with van der Waals surface area (Å²) in [6.07, 6.45) is 2.32. The summed E-state index contributed by atoms with van der Waals surface area (Å²) in [7, 11) is 0. The van der Waals surface area contributed by atoms with Gasteiger partial charge in [-0.05, 0) is 55.1 Å². The van der Waals surface area contributed by atoms with Gasteiger partial charge in [-0.15, -0.1) is 11.3 Å².